The minimum atomic E-state index is -3.96. The lowest BCUT2D eigenvalue weighted by molar-refractivity contribution is -0.0517. The van der Waals surface area contributed by atoms with Crippen LogP contribution in [0.1, 0.15) is 17.8 Å². The maximum atomic E-state index is 12.3. The third kappa shape index (κ3) is 3.99. The van der Waals surface area contributed by atoms with E-state index in [2.05, 4.69) is 9.46 Å². The van der Waals surface area contributed by atoms with E-state index in [9.17, 15) is 17.2 Å². The number of rotatable bonds is 6. The number of thiophene rings is 1. The molecule has 21 heavy (non-hydrogen) atoms. The number of benzene rings is 1. The SMILES string of the molecule is CC(NS(=O)(=O)c1ccccc1OC(F)F)c1cccs1. The van der Waals surface area contributed by atoms with Crippen LogP contribution in [0.5, 0.6) is 5.75 Å². The van der Waals surface area contributed by atoms with Crippen LogP contribution in [0.2, 0.25) is 0 Å². The van der Waals surface area contributed by atoms with E-state index in [1.54, 1.807) is 19.1 Å². The van der Waals surface area contributed by atoms with Gasteiger partial charge in [-0.05, 0) is 30.5 Å². The molecule has 0 radical (unpaired) electrons. The summed E-state index contributed by atoms with van der Waals surface area (Å²) in [6, 6.07) is 8.42. The second-order valence-electron chi connectivity index (χ2n) is 4.18. The number of sulfonamides is 1. The fourth-order valence-electron chi connectivity index (χ4n) is 1.76. The number of halogens is 2. The molecule has 0 bridgehead atoms. The molecule has 0 spiro atoms. The fourth-order valence-corrected chi connectivity index (χ4v) is 3.92. The summed E-state index contributed by atoms with van der Waals surface area (Å²) in [7, 11) is -3.96. The topological polar surface area (TPSA) is 55.4 Å². The normalized spacial score (nSPS) is 13.3. The predicted octanol–water partition coefficient (Wildman–Crippen LogP) is 3.39. The Labute approximate surface area is 125 Å². The molecule has 0 saturated carbocycles. The average Bonchev–Trinajstić information content (AvgIpc) is 2.91. The molecule has 0 aliphatic carbocycles. The first-order valence-corrected chi connectivity index (χ1v) is 8.36. The maximum absolute atomic E-state index is 12.3. The van der Waals surface area contributed by atoms with E-state index in [1.807, 2.05) is 5.38 Å². The lowest BCUT2D eigenvalue weighted by Gasteiger charge is -2.15. The van der Waals surface area contributed by atoms with Crippen molar-refractivity contribution in [3.63, 3.8) is 0 Å². The zero-order valence-corrected chi connectivity index (χ0v) is 12.6. The van der Waals surface area contributed by atoms with Gasteiger partial charge in [-0.2, -0.15) is 8.78 Å². The minimum absolute atomic E-state index is 0.311. The molecule has 1 atom stereocenters. The largest absolute Gasteiger partial charge is 0.433 e. The summed E-state index contributed by atoms with van der Waals surface area (Å²) in [5.41, 5.74) is 0. The number of hydrogen-bond donors (Lipinski definition) is 1. The van der Waals surface area contributed by atoms with Crippen molar-refractivity contribution in [1.82, 2.24) is 4.72 Å². The Balaban J connectivity index is 2.27. The number of ether oxygens (including phenoxy) is 1. The molecule has 1 unspecified atom stereocenters. The molecular weight excluding hydrogens is 320 g/mol. The maximum Gasteiger partial charge on any atom is 0.387 e. The van der Waals surface area contributed by atoms with Crippen LogP contribution >= 0.6 is 11.3 Å². The quantitative estimate of drug-likeness (QED) is 0.881. The Bertz CT molecular complexity index is 687. The van der Waals surface area contributed by atoms with Crippen molar-refractivity contribution in [3.8, 4) is 5.75 Å². The summed E-state index contributed by atoms with van der Waals surface area (Å²) in [6.45, 7) is -1.41. The molecule has 2 aromatic rings. The van der Waals surface area contributed by atoms with Crippen LogP contribution < -0.4 is 9.46 Å². The molecule has 0 fully saturated rings. The van der Waals surface area contributed by atoms with Gasteiger partial charge >= 0.3 is 6.61 Å². The van der Waals surface area contributed by atoms with Gasteiger partial charge in [-0.25, -0.2) is 13.1 Å². The molecular formula is C13H13F2NO3S2. The summed E-state index contributed by atoms with van der Waals surface area (Å²) in [5, 5.41) is 1.83. The van der Waals surface area contributed by atoms with Crippen molar-refractivity contribution in [2.75, 3.05) is 0 Å². The van der Waals surface area contributed by atoms with Crippen LogP contribution in [0.15, 0.2) is 46.7 Å². The summed E-state index contributed by atoms with van der Waals surface area (Å²) in [6.07, 6.45) is 0. The van der Waals surface area contributed by atoms with E-state index < -0.39 is 22.7 Å². The molecule has 4 nitrogen and oxygen atoms in total. The van der Waals surface area contributed by atoms with Crippen molar-refractivity contribution >= 4 is 21.4 Å². The molecule has 0 aliphatic heterocycles. The average molecular weight is 333 g/mol. The summed E-state index contributed by atoms with van der Waals surface area (Å²) < 4.78 is 56.0. The monoisotopic (exact) mass is 333 g/mol. The van der Waals surface area contributed by atoms with Crippen LogP contribution in [-0.2, 0) is 10.0 Å². The Morgan fingerprint density at radius 1 is 1.19 bits per heavy atom. The fraction of sp³-hybridized carbons (Fsp3) is 0.231. The highest BCUT2D eigenvalue weighted by atomic mass is 32.2. The van der Waals surface area contributed by atoms with Crippen molar-refractivity contribution in [2.24, 2.45) is 0 Å². The first-order chi connectivity index (χ1) is 9.90. The van der Waals surface area contributed by atoms with E-state index in [1.165, 1.54) is 35.6 Å². The highest BCUT2D eigenvalue weighted by molar-refractivity contribution is 7.89. The number of alkyl halides is 2. The minimum Gasteiger partial charge on any atom is -0.433 e. The van der Waals surface area contributed by atoms with E-state index in [4.69, 9.17) is 0 Å². The molecule has 0 aliphatic rings. The third-order valence-electron chi connectivity index (χ3n) is 2.66. The third-order valence-corrected chi connectivity index (χ3v) is 5.29. The zero-order valence-electron chi connectivity index (χ0n) is 11.0. The van der Waals surface area contributed by atoms with Gasteiger partial charge in [-0.1, -0.05) is 18.2 Å². The summed E-state index contributed by atoms with van der Waals surface area (Å²) in [5.74, 6) is -0.377. The Kier molecular flexibility index (Phi) is 4.92. The second kappa shape index (κ2) is 6.50. The summed E-state index contributed by atoms with van der Waals surface area (Å²) in [4.78, 5) is 0.513. The van der Waals surface area contributed by atoms with Crippen LogP contribution in [0.4, 0.5) is 8.78 Å². The van der Waals surface area contributed by atoms with E-state index in [0.717, 1.165) is 4.88 Å². The standard InChI is InChI=1S/C13H13F2NO3S2/c1-9(11-6-4-8-20-11)16-21(17,18)12-7-3-2-5-10(12)19-13(14)15/h2-9,13,16H,1H3. The van der Waals surface area contributed by atoms with Crippen LogP contribution in [0.25, 0.3) is 0 Å². The lowest BCUT2D eigenvalue weighted by atomic mass is 10.3. The van der Waals surface area contributed by atoms with Gasteiger partial charge in [-0.15, -0.1) is 11.3 Å². The van der Waals surface area contributed by atoms with Gasteiger partial charge in [-0.3, -0.25) is 0 Å². The van der Waals surface area contributed by atoms with Gasteiger partial charge in [0.2, 0.25) is 10.0 Å². The molecule has 2 rings (SSSR count). The molecule has 0 amide bonds. The molecule has 1 aromatic heterocycles. The van der Waals surface area contributed by atoms with E-state index >= 15 is 0 Å². The van der Waals surface area contributed by atoms with Gasteiger partial charge in [0.1, 0.15) is 10.6 Å². The second-order valence-corrected chi connectivity index (χ2v) is 6.85. The molecule has 1 heterocycles. The molecule has 8 heteroatoms. The highest BCUT2D eigenvalue weighted by Gasteiger charge is 2.23. The number of nitrogens with one attached hydrogen (secondary N) is 1. The van der Waals surface area contributed by atoms with Crippen LogP contribution in [-0.4, -0.2) is 15.0 Å². The van der Waals surface area contributed by atoms with Gasteiger partial charge in [0.25, 0.3) is 0 Å². The van der Waals surface area contributed by atoms with Gasteiger partial charge < -0.3 is 4.74 Å². The Morgan fingerprint density at radius 2 is 1.90 bits per heavy atom. The smallest absolute Gasteiger partial charge is 0.387 e. The lowest BCUT2D eigenvalue weighted by Crippen LogP contribution is -2.27. The van der Waals surface area contributed by atoms with Gasteiger partial charge in [0, 0.05) is 4.88 Å². The predicted molar refractivity (Wildman–Crippen MR) is 76.1 cm³/mol. The zero-order chi connectivity index (χ0) is 15.5. The first-order valence-electron chi connectivity index (χ1n) is 6.00. The van der Waals surface area contributed by atoms with Gasteiger partial charge in [0.05, 0.1) is 6.04 Å². The first kappa shape index (κ1) is 15.9. The van der Waals surface area contributed by atoms with Crippen molar-refractivity contribution in [2.45, 2.75) is 24.5 Å². The van der Waals surface area contributed by atoms with Crippen LogP contribution in [0, 0.1) is 0 Å². The number of para-hydroxylation sites is 1. The van der Waals surface area contributed by atoms with Crippen LogP contribution in [0.3, 0.4) is 0 Å². The molecule has 0 saturated heterocycles. The van der Waals surface area contributed by atoms with Gasteiger partial charge in [0.15, 0.2) is 0 Å². The van der Waals surface area contributed by atoms with E-state index in [0.29, 0.717) is 0 Å². The Hall–Kier alpha value is -1.51. The Morgan fingerprint density at radius 3 is 2.52 bits per heavy atom. The summed E-state index contributed by atoms with van der Waals surface area (Å²) >= 11 is 1.40. The highest BCUT2D eigenvalue weighted by Crippen LogP contribution is 2.27. The molecule has 1 N–H and O–H groups in total. The molecule has 1 aromatic carbocycles. The van der Waals surface area contributed by atoms with Crippen molar-refractivity contribution in [1.29, 1.82) is 0 Å². The van der Waals surface area contributed by atoms with E-state index in [-0.39, 0.29) is 10.6 Å². The van der Waals surface area contributed by atoms with Crippen molar-refractivity contribution < 1.29 is 21.9 Å². The molecule has 114 valence electrons. The number of hydrogen-bond acceptors (Lipinski definition) is 4. The van der Waals surface area contributed by atoms with Crippen molar-refractivity contribution in [3.05, 3.63) is 46.7 Å².